The van der Waals surface area contributed by atoms with E-state index in [2.05, 4.69) is 31.6 Å². The van der Waals surface area contributed by atoms with Crippen LogP contribution in [0.3, 0.4) is 0 Å². The molecule has 0 bridgehead atoms. The number of fused-ring (bicyclic) bond motifs is 2. The molecule has 1 fully saturated rings. The van der Waals surface area contributed by atoms with Crippen LogP contribution in [-0.4, -0.2) is 55.4 Å². The summed E-state index contributed by atoms with van der Waals surface area (Å²) in [5.74, 6) is 2.39. The zero-order chi connectivity index (χ0) is 22.8. The van der Waals surface area contributed by atoms with Gasteiger partial charge in [0.25, 0.3) is 0 Å². The van der Waals surface area contributed by atoms with E-state index < -0.39 is 10.0 Å². The Hall–Kier alpha value is -3.01. The van der Waals surface area contributed by atoms with E-state index >= 15 is 0 Å². The number of hydrogen-bond donors (Lipinski definition) is 2. The zero-order valence-electron chi connectivity index (χ0n) is 18.7. The van der Waals surface area contributed by atoms with Gasteiger partial charge in [0.2, 0.25) is 10.0 Å². The van der Waals surface area contributed by atoms with Gasteiger partial charge in [-0.25, -0.2) is 18.4 Å². The van der Waals surface area contributed by atoms with Crippen molar-refractivity contribution in [2.45, 2.75) is 38.1 Å². The molecular formula is C23H29N5O4S. The Morgan fingerprint density at radius 1 is 1.09 bits per heavy atom. The molecule has 2 aliphatic rings. The number of nitrogens with zero attached hydrogens (tertiary/aromatic N) is 3. The van der Waals surface area contributed by atoms with E-state index in [1.165, 1.54) is 0 Å². The summed E-state index contributed by atoms with van der Waals surface area (Å²) in [5, 5.41) is 1.00. The smallest absolute Gasteiger partial charge is 0.232 e. The van der Waals surface area contributed by atoms with Crippen LogP contribution < -0.4 is 19.1 Å². The molecule has 1 aliphatic carbocycles. The highest BCUT2D eigenvalue weighted by Crippen LogP contribution is 2.34. The molecule has 1 aromatic carbocycles. The molecule has 10 heteroatoms. The highest BCUT2D eigenvalue weighted by Gasteiger charge is 2.29. The number of nitrogens with one attached hydrogen (secondary N) is 2. The van der Waals surface area contributed by atoms with Crippen molar-refractivity contribution in [3.05, 3.63) is 36.8 Å². The number of H-pyrrole nitrogens is 1. The second-order valence-corrected chi connectivity index (χ2v) is 10.6. The average molecular weight is 472 g/mol. The van der Waals surface area contributed by atoms with Crippen LogP contribution in [0, 0.1) is 5.92 Å². The third-order valence-corrected chi connectivity index (χ3v) is 7.96. The van der Waals surface area contributed by atoms with Gasteiger partial charge in [0.05, 0.1) is 30.0 Å². The van der Waals surface area contributed by atoms with E-state index in [1.54, 1.807) is 24.5 Å². The minimum atomic E-state index is -3.47. The van der Waals surface area contributed by atoms with Gasteiger partial charge in [-0.1, -0.05) is 0 Å². The Bertz CT molecular complexity index is 1220. The van der Waals surface area contributed by atoms with Gasteiger partial charge in [0, 0.05) is 31.8 Å². The Kier molecular flexibility index (Phi) is 6.01. The van der Waals surface area contributed by atoms with Crippen LogP contribution in [0.5, 0.6) is 11.5 Å². The first-order valence-corrected chi connectivity index (χ1v) is 13.0. The summed E-state index contributed by atoms with van der Waals surface area (Å²) in [5.41, 5.74) is 1.33. The number of aromatic nitrogens is 3. The van der Waals surface area contributed by atoms with Crippen LogP contribution >= 0.6 is 0 Å². The quantitative estimate of drug-likeness (QED) is 0.566. The molecule has 1 saturated carbocycles. The average Bonchev–Trinajstić information content (AvgIpc) is 3.17. The van der Waals surface area contributed by atoms with Gasteiger partial charge >= 0.3 is 0 Å². The largest absolute Gasteiger partial charge is 0.490 e. The fourth-order valence-corrected chi connectivity index (χ4v) is 6.29. The van der Waals surface area contributed by atoms with Crippen molar-refractivity contribution in [2.75, 3.05) is 35.6 Å². The number of benzene rings is 1. The Morgan fingerprint density at radius 3 is 2.70 bits per heavy atom. The second kappa shape index (κ2) is 9.09. The van der Waals surface area contributed by atoms with Crippen molar-refractivity contribution in [2.24, 2.45) is 5.92 Å². The van der Waals surface area contributed by atoms with Gasteiger partial charge in [-0.3, -0.25) is 4.72 Å². The molecule has 0 spiro atoms. The van der Waals surface area contributed by atoms with Crippen LogP contribution in [0.4, 0.5) is 11.5 Å². The minimum Gasteiger partial charge on any atom is -0.490 e. The highest BCUT2D eigenvalue weighted by atomic mass is 32.2. The predicted molar refractivity (Wildman–Crippen MR) is 127 cm³/mol. The lowest BCUT2D eigenvalue weighted by molar-refractivity contribution is 0.297. The molecule has 3 aromatic rings. The summed E-state index contributed by atoms with van der Waals surface area (Å²) in [6.45, 7) is 1.16. The maximum absolute atomic E-state index is 12.8. The SMILES string of the molecule is CN(c1ncnc2[nH]ccc12)C1CCC(CS(=O)(=O)Nc2ccc3c(c2)OCCCO3)CC1. The van der Waals surface area contributed by atoms with Crippen molar-refractivity contribution >= 4 is 32.6 Å². The highest BCUT2D eigenvalue weighted by molar-refractivity contribution is 7.92. The number of hydrogen-bond acceptors (Lipinski definition) is 7. The predicted octanol–water partition coefficient (Wildman–Crippen LogP) is 3.56. The number of sulfonamides is 1. The molecule has 0 radical (unpaired) electrons. The standard InChI is InChI=1S/C23H29N5O4S/c1-28(23-19-9-10-24-22(19)25-15-26-23)18-6-3-16(4-7-18)14-33(29,30)27-17-5-8-20-21(13-17)32-12-2-11-31-20/h5,8-10,13,15-16,18,27H,2-4,6-7,11-12,14H2,1H3,(H,24,25,26). The molecule has 0 amide bonds. The van der Waals surface area contributed by atoms with Gasteiger partial charge in [0.1, 0.15) is 17.8 Å². The first kappa shape index (κ1) is 21.8. The van der Waals surface area contributed by atoms with E-state index in [4.69, 9.17) is 9.47 Å². The van der Waals surface area contributed by atoms with Crippen molar-refractivity contribution in [1.82, 2.24) is 15.0 Å². The fraction of sp³-hybridized carbons (Fsp3) is 0.478. The lowest BCUT2D eigenvalue weighted by Crippen LogP contribution is -2.37. The molecular weight excluding hydrogens is 442 g/mol. The van der Waals surface area contributed by atoms with Crippen LogP contribution in [0.15, 0.2) is 36.8 Å². The third-order valence-electron chi connectivity index (χ3n) is 6.51. The molecule has 0 saturated heterocycles. The number of anilines is 2. The zero-order valence-corrected chi connectivity index (χ0v) is 19.5. The first-order valence-electron chi connectivity index (χ1n) is 11.4. The summed E-state index contributed by atoms with van der Waals surface area (Å²) in [7, 11) is -1.41. The monoisotopic (exact) mass is 471 g/mol. The van der Waals surface area contributed by atoms with Crippen molar-refractivity contribution in [3.63, 3.8) is 0 Å². The van der Waals surface area contributed by atoms with E-state index in [-0.39, 0.29) is 11.7 Å². The van der Waals surface area contributed by atoms with Gasteiger partial charge in [-0.2, -0.15) is 0 Å². The molecule has 3 heterocycles. The van der Waals surface area contributed by atoms with Crippen LogP contribution in [0.2, 0.25) is 0 Å². The van der Waals surface area contributed by atoms with E-state index in [0.29, 0.717) is 36.4 Å². The van der Waals surface area contributed by atoms with Crippen molar-refractivity contribution in [1.29, 1.82) is 0 Å². The van der Waals surface area contributed by atoms with Crippen LogP contribution in [0.1, 0.15) is 32.1 Å². The maximum atomic E-state index is 12.8. The summed E-state index contributed by atoms with van der Waals surface area (Å²) >= 11 is 0. The van der Waals surface area contributed by atoms with Crippen LogP contribution in [-0.2, 0) is 10.0 Å². The second-order valence-electron chi connectivity index (χ2n) is 8.82. The molecule has 5 rings (SSSR count). The van der Waals surface area contributed by atoms with Crippen LogP contribution in [0.25, 0.3) is 11.0 Å². The van der Waals surface area contributed by atoms with Gasteiger partial charge in [0.15, 0.2) is 11.5 Å². The molecule has 33 heavy (non-hydrogen) atoms. The van der Waals surface area contributed by atoms with E-state index in [0.717, 1.165) is 49.0 Å². The number of aromatic amines is 1. The molecule has 2 aromatic heterocycles. The molecule has 9 nitrogen and oxygen atoms in total. The first-order chi connectivity index (χ1) is 16.0. The molecule has 2 N–H and O–H groups in total. The summed E-state index contributed by atoms with van der Waals surface area (Å²) < 4.78 is 39.7. The van der Waals surface area contributed by atoms with E-state index in [9.17, 15) is 8.42 Å². The van der Waals surface area contributed by atoms with Gasteiger partial charge in [-0.15, -0.1) is 0 Å². The maximum Gasteiger partial charge on any atom is 0.232 e. The molecule has 1 aliphatic heterocycles. The number of rotatable bonds is 6. The lowest BCUT2D eigenvalue weighted by atomic mass is 9.86. The molecule has 176 valence electrons. The van der Waals surface area contributed by atoms with Gasteiger partial charge < -0.3 is 19.4 Å². The van der Waals surface area contributed by atoms with Crippen molar-refractivity contribution in [3.8, 4) is 11.5 Å². The Morgan fingerprint density at radius 2 is 1.88 bits per heavy atom. The summed E-state index contributed by atoms with van der Waals surface area (Å²) in [6, 6.07) is 7.50. The Labute approximate surface area is 193 Å². The number of ether oxygens (including phenoxy) is 2. The minimum absolute atomic E-state index is 0.118. The fourth-order valence-electron chi connectivity index (χ4n) is 4.77. The topological polar surface area (TPSA) is 109 Å². The summed E-state index contributed by atoms with van der Waals surface area (Å²) in [6.07, 6.45) is 7.83. The lowest BCUT2D eigenvalue weighted by Gasteiger charge is -2.35. The van der Waals surface area contributed by atoms with Crippen molar-refractivity contribution < 1.29 is 17.9 Å². The third kappa shape index (κ3) is 4.85. The summed E-state index contributed by atoms with van der Waals surface area (Å²) in [4.78, 5) is 14.1. The Balaban J connectivity index is 1.18. The normalized spacial score (nSPS) is 20.9. The van der Waals surface area contributed by atoms with E-state index in [1.807, 2.05) is 12.3 Å². The molecule has 0 unspecified atom stereocenters. The van der Waals surface area contributed by atoms with Gasteiger partial charge in [-0.05, 0) is 49.8 Å². The molecule has 0 atom stereocenters.